The van der Waals surface area contributed by atoms with Gasteiger partial charge in [0.25, 0.3) is 0 Å². The Kier molecular flexibility index (Phi) is 7.14. The Morgan fingerprint density at radius 3 is 2.59 bits per heavy atom. The Labute approximate surface area is 108 Å². The molecule has 102 valence electrons. The Morgan fingerprint density at radius 1 is 1.18 bits per heavy atom. The third kappa shape index (κ3) is 4.97. The predicted octanol–water partition coefficient (Wildman–Crippen LogP) is 3.28. The van der Waals surface area contributed by atoms with Crippen LogP contribution >= 0.6 is 0 Å². The molecule has 0 aromatic rings. The van der Waals surface area contributed by atoms with Crippen LogP contribution in [0.4, 0.5) is 0 Å². The van der Waals surface area contributed by atoms with Crippen molar-refractivity contribution < 1.29 is 0 Å². The average Bonchev–Trinajstić information content (AvgIpc) is 2.54. The molecule has 1 fully saturated rings. The largest absolute Gasteiger partial charge is 0.313 e. The lowest BCUT2D eigenvalue weighted by Gasteiger charge is -2.32. The summed E-state index contributed by atoms with van der Waals surface area (Å²) >= 11 is 0. The summed E-state index contributed by atoms with van der Waals surface area (Å²) in [5, 5.41) is 3.56. The second kappa shape index (κ2) is 8.10. The summed E-state index contributed by atoms with van der Waals surface area (Å²) in [5.41, 5.74) is 0. The van der Waals surface area contributed by atoms with Crippen molar-refractivity contribution >= 4 is 0 Å². The summed E-state index contributed by atoms with van der Waals surface area (Å²) in [7, 11) is 0. The predicted molar refractivity (Wildman–Crippen MR) is 76.4 cm³/mol. The monoisotopic (exact) mass is 240 g/mol. The SMILES string of the molecule is CCCC1CCCN(C(C)C(C)NCC)CC1. The molecule has 0 aromatic carbocycles. The minimum Gasteiger partial charge on any atom is -0.313 e. The molecule has 1 heterocycles. The number of hydrogen-bond acceptors (Lipinski definition) is 2. The van der Waals surface area contributed by atoms with E-state index >= 15 is 0 Å². The van der Waals surface area contributed by atoms with Gasteiger partial charge in [-0.05, 0) is 58.7 Å². The molecule has 2 heteroatoms. The van der Waals surface area contributed by atoms with Crippen molar-refractivity contribution in [2.75, 3.05) is 19.6 Å². The van der Waals surface area contributed by atoms with Gasteiger partial charge in [-0.1, -0.05) is 26.7 Å². The lowest BCUT2D eigenvalue weighted by atomic mass is 9.96. The zero-order valence-corrected chi connectivity index (χ0v) is 12.3. The van der Waals surface area contributed by atoms with E-state index in [0.29, 0.717) is 12.1 Å². The minimum absolute atomic E-state index is 0.614. The van der Waals surface area contributed by atoms with E-state index in [-0.39, 0.29) is 0 Å². The molecule has 0 bridgehead atoms. The third-order valence-electron chi connectivity index (χ3n) is 4.40. The van der Waals surface area contributed by atoms with E-state index in [4.69, 9.17) is 0 Å². The normalized spacial score (nSPS) is 26.5. The highest BCUT2D eigenvalue weighted by Crippen LogP contribution is 2.23. The van der Waals surface area contributed by atoms with Gasteiger partial charge in [0.1, 0.15) is 0 Å². The quantitative estimate of drug-likeness (QED) is 0.766. The zero-order chi connectivity index (χ0) is 12.7. The fourth-order valence-electron chi connectivity index (χ4n) is 3.10. The van der Waals surface area contributed by atoms with Crippen LogP contribution in [0.2, 0.25) is 0 Å². The molecule has 2 nitrogen and oxygen atoms in total. The van der Waals surface area contributed by atoms with E-state index in [2.05, 4.69) is 37.9 Å². The number of rotatable bonds is 6. The summed E-state index contributed by atoms with van der Waals surface area (Å²) in [5.74, 6) is 0.992. The third-order valence-corrected chi connectivity index (χ3v) is 4.40. The number of nitrogens with one attached hydrogen (secondary N) is 1. The van der Waals surface area contributed by atoms with Crippen molar-refractivity contribution in [2.24, 2.45) is 5.92 Å². The van der Waals surface area contributed by atoms with Gasteiger partial charge in [-0.25, -0.2) is 0 Å². The van der Waals surface area contributed by atoms with Crippen LogP contribution in [0.5, 0.6) is 0 Å². The fraction of sp³-hybridized carbons (Fsp3) is 1.00. The molecular formula is C15H32N2. The molecule has 17 heavy (non-hydrogen) atoms. The summed E-state index contributed by atoms with van der Waals surface area (Å²) in [6, 6.07) is 1.29. The van der Waals surface area contributed by atoms with Gasteiger partial charge in [0, 0.05) is 12.1 Å². The molecule has 0 spiro atoms. The fourth-order valence-corrected chi connectivity index (χ4v) is 3.10. The van der Waals surface area contributed by atoms with Crippen molar-refractivity contribution in [3.8, 4) is 0 Å². The molecule has 1 saturated heterocycles. The lowest BCUT2D eigenvalue weighted by molar-refractivity contribution is 0.179. The summed E-state index contributed by atoms with van der Waals surface area (Å²) in [4.78, 5) is 2.70. The van der Waals surface area contributed by atoms with Crippen molar-refractivity contribution in [1.82, 2.24) is 10.2 Å². The zero-order valence-electron chi connectivity index (χ0n) is 12.3. The first-order valence-electron chi connectivity index (χ1n) is 7.66. The molecular weight excluding hydrogens is 208 g/mol. The first-order chi connectivity index (χ1) is 8.19. The van der Waals surface area contributed by atoms with Gasteiger partial charge in [-0.2, -0.15) is 0 Å². The van der Waals surface area contributed by atoms with E-state index in [1.54, 1.807) is 0 Å². The van der Waals surface area contributed by atoms with Crippen molar-refractivity contribution in [1.29, 1.82) is 0 Å². The van der Waals surface area contributed by atoms with Crippen LogP contribution < -0.4 is 5.32 Å². The number of nitrogens with zero attached hydrogens (tertiary/aromatic N) is 1. The summed E-state index contributed by atoms with van der Waals surface area (Å²) < 4.78 is 0. The van der Waals surface area contributed by atoms with Crippen molar-refractivity contribution in [2.45, 2.75) is 71.9 Å². The standard InChI is InChI=1S/C15H32N2/c1-5-8-15-9-7-11-17(12-10-15)14(4)13(3)16-6-2/h13-16H,5-12H2,1-4H3. The molecule has 0 saturated carbocycles. The van der Waals surface area contributed by atoms with Gasteiger partial charge >= 0.3 is 0 Å². The Hall–Kier alpha value is -0.0800. The Morgan fingerprint density at radius 2 is 1.94 bits per heavy atom. The van der Waals surface area contributed by atoms with Crippen molar-refractivity contribution in [3.63, 3.8) is 0 Å². The maximum Gasteiger partial charge on any atom is 0.0218 e. The van der Waals surface area contributed by atoms with Gasteiger partial charge in [0.15, 0.2) is 0 Å². The highest BCUT2D eigenvalue weighted by Gasteiger charge is 2.23. The van der Waals surface area contributed by atoms with Gasteiger partial charge < -0.3 is 5.32 Å². The van der Waals surface area contributed by atoms with E-state index in [0.717, 1.165) is 12.5 Å². The van der Waals surface area contributed by atoms with Crippen LogP contribution in [-0.4, -0.2) is 36.6 Å². The van der Waals surface area contributed by atoms with E-state index in [9.17, 15) is 0 Å². The van der Waals surface area contributed by atoms with Crippen LogP contribution in [0, 0.1) is 5.92 Å². The van der Waals surface area contributed by atoms with Crippen LogP contribution in [0.1, 0.15) is 59.8 Å². The maximum absolute atomic E-state index is 3.56. The number of likely N-dealkylation sites (N-methyl/N-ethyl adjacent to an activating group) is 1. The number of hydrogen-bond donors (Lipinski definition) is 1. The van der Waals surface area contributed by atoms with E-state index in [1.165, 1.54) is 45.2 Å². The van der Waals surface area contributed by atoms with Crippen LogP contribution in [0.25, 0.3) is 0 Å². The first-order valence-corrected chi connectivity index (χ1v) is 7.66. The Balaban J connectivity index is 2.39. The lowest BCUT2D eigenvalue weighted by Crippen LogP contribution is -2.47. The molecule has 0 amide bonds. The summed E-state index contributed by atoms with van der Waals surface area (Å²) in [6.07, 6.45) is 7.05. The second-order valence-electron chi connectivity index (χ2n) is 5.71. The molecule has 1 aliphatic rings. The molecule has 3 unspecified atom stereocenters. The number of likely N-dealkylation sites (tertiary alicyclic amines) is 1. The van der Waals surface area contributed by atoms with Crippen LogP contribution in [0.3, 0.4) is 0 Å². The average molecular weight is 240 g/mol. The Bertz CT molecular complexity index is 193. The molecule has 1 aliphatic heterocycles. The van der Waals surface area contributed by atoms with Gasteiger partial charge in [-0.3, -0.25) is 4.90 Å². The van der Waals surface area contributed by atoms with Crippen LogP contribution in [-0.2, 0) is 0 Å². The molecule has 1 rings (SSSR count). The van der Waals surface area contributed by atoms with E-state index < -0.39 is 0 Å². The molecule has 0 aliphatic carbocycles. The molecule has 1 N–H and O–H groups in total. The van der Waals surface area contributed by atoms with Gasteiger partial charge in [0.05, 0.1) is 0 Å². The molecule has 3 atom stereocenters. The molecule has 0 radical (unpaired) electrons. The summed E-state index contributed by atoms with van der Waals surface area (Å²) in [6.45, 7) is 12.9. The van der Waals surface area contributed by atoms with E-state index in [1.807, 2.05) is 0 Å². The highest BCUT2D eigenvalue weighted by atomic mass is 15.2. The topological polar surface area (TPSA) is 15.3 Å². The van der Waals surface area contributed by atoms with Gasteiger partial charge in [0.2, 0.25) is 0 Å². The van der Waals surface area contributed by atoms with Crippen LogP contribution in [0.15, 0.2) is 0 Å². The first kappa shape index (κ1) is 15.0. The smallest absolute Gasteiger partial charge is 0.0218 e. The highest BCUT2D eigenvalue weighted by molar-refractivity contribution is 4.80. The van der Waals surface area contributed by atoms with Gasteiger partial charge in [-0.15, -0.1) is 0 Å². The molecule has 0 aromatic heterocycles. The maximum atomic E-state index is 3.56. The van der Waals surface area contributed by atoms with Crippen molar-refractivity contribution in [3.05, 3.63) is 0 Å². The minimum atomic E-state index is 0.614. The second-order valence-corrected chi connectivity index (χ2v) is 5.71.